The van der Waals surface area contributed by atoms with Crippen molar-refractivity contribution >= 4 is 41.7 Å². The lowest BCUT2D eigenvalue weighted by atomic mass is 10.1. The van der Waals surface area contributed by atoms with E-state index in [4.69, 9.17) is 14.5 Å². The van der Waals surface area contributed by atoms with Crippen LogP contribution < -0.4 is 10.6 Å². The summed E-state index contributed by atoms with van der Waals surface area (Å²) in [6.45, 7) is 6.85. The average Bonchev–Trinajstić information content (AvgIpc) is 2.75. The summed E-state index contributed by atoms with van der Waals surface area (Å²) < 4.78 is 15.6. The Kier molecular flexibility index (Phi) is 13.4. The highest BCUT2D eigenvalue weighted by molar-refractivity contribution is 14.0. The molecule has 0 atom stereocenters. The monoisotopic (exact) mass is 534 g/mol. The Hall–Kier alpha value is -1.59. The zero-order valence-corrected chi connectivity index (χ0v) is 20.5. The molecule has 9 heteroatoms. The Morgan fingerprint density at radius 2 is 1.87 bits per heavy atom. The standard InChI is InChI=1S/C21H34N4O4.HI/c1-4-22-20(25-12-10-19(11-13-25)29-15-5-14-27-2)23-16-17-6-8-18(9-7-17)24-21(26)28-3;/h6-9,19H,4-5,10-16H2,1-3H3,(H,22,23)(H,24,26);1H. The van der Waals surface area contributed by atoms with Gasteiger partial charge in [0.15, 0.2) is 5.96 Å². The molecule has 0 aliphatic carbocycles. The van der Waals surface area contributed by atoms with Crippen molar-refractivity contribution in [2.45, 2.75) is 38.8 Å². The van der Waals surface area contributed by atoms with E-state index in [0.717, 1.165) is 63.6 Å². The number of rotatable bonds is 9. The van der Waals surface area contributed by atoms with Crippen LogP contribution in [0.4, 0.5) is 10.5 Å². The third-order valence-electron chi connectivity index (χ3n) is 4.72. The molecule has 2 N–H and O–H groups in total. The first-order valence-electron chi connectivity index (χ1n) is 10.2. The minimum Gasteiger partial charge on any atom is -0.453 e. The van der Waals surface area contributed by atoms with Crippen molar-refractivity contribution in [1.82, 2.24) is 10.2 Å². The first-order chi connectivity index (χ1) is 14.2. The number of carbonyl (C=O) groups is 1. The molecule has 1 aliphatic rings. The summed E-state index contributed by atoms with van der Waals surface area (Å²) in [5, 5.41) is 6.03. The highest BCUT2D eigenvalue weighted by atomic mass is 127. The number of methoxy groups -OCH3 is 2. The maximum atomic E-state index is 11.3. The summed E-state index contributed by atoms with van der Waals surface area (Å²) in [6.07, 6.45) is 2.79. The Morgan fingerprint density at radius 3 is 2.47 bits per heavy atom. The van der Waals surface area contributed by atoms with Crippen LogP contribution >= 0.6 is 24.0 Å². The Labute approximate surface area is 196 Å². The van der Waals surface area contributed by atoms with Gasteiger partial charge in [0.2, 0.25) is 0 Å². The van der Waals surface area contributed by atoms with Gasteiger partial charge in [-0.3, -0.25) is 5.32 Å². The maximum absolute atomic E-state index is 11.3. The van der Waals surface area contributed by atoms with Crippen LogP contribution in [0.2, 0.25) is 0 Å². The van der Waals surface area contributed by atoms with E-state index in [2.05, 4.69) is 27.2 Å². The third-order valence-corrected chi connectivity index (χ3v) is 4.72. The number of hydrogen-bond acceptors (Lipinski definition) is 5. The van der Waals surface area contributed by atoms with Crippen molar-refractivity contribution in [3.8, 4) is 0 Å². The Morgan fingerprint density at radius 1 is 1.17 bits per heavy atom. The predicted molar refractivity (Wildman–Crippen MR) is 130 cm³/mol. The number of aliphatic imine (C=N–C) groups is 1. The highest BCUT2D eigenvalue weighted by Gasteiger charge is 2.21. The fraction of sp³-hybridized carbons (Fsp3) is 0.619. The quantitative estimate of drug-likeness (QED) is 0.219. The SMILES string of the molecule is CCNC(=NCc1ccc(NC(=O)OC)cc1)N1CCC(OCCCOC)CC1.I. The van der Waals surface area contributed by atoms with E-state index >= 15 is 0 Å². The van der Waals surface area contributed by atoms with Crippen molar-refractivity contribution in [3.05, 3.63) is 29.8 Å². The zero-order chi connectivity index (χ0) is 20.9. The molecule has 0 spiro atoms. The smallest absolute Gasteiger partial charge is 0.411 e. The minimum atomic E-state index is -0.476. The van der Waals surface area contributed by atoms with Gasteiger partial charge in [0.25, 0.3) is 0 Å². The Balaban J connectivity index is 0.00000450. The van der Waals surface area contributed by atoms with Crippen LogP contribution in [0.3, 0.4) is 0 Å². The number of hydrogen-bond donors (Lipinski definition) is 2. The van der Waals surface area contributed by atoms with E-state index in [-0.39, 0.29) is 24.0 Å². The number of benzene rings is 1. The van der Waals surface area contributed by atoms with E-state index in [1.165, 1.54) is 7.11 Å². The van der Waals surface area contributed by atoms with Crippen LogP contribution in [0.1, 0.15) is 31.7 Å². The number of nitrogens with one attached hydrogen (secondary N) is 2. The van der Waals surface area contributed by atoms with Gasteiger partial charge >= 0.3 is 6.09 Å². The zero-order valence-electron chi connectivity index (χ0n) is 18.2. The number of amides is 1. The first-order valence-corrected chi connectivity index (χ1v) is 10.2. The van der Waals surface area contributed by atoms with Gasteiger partial charge in [0, 0.05) is 45.6 Å². The van der Waals surface area contributed by atoms with E-state index in [9.17, 15) is 4.79 Å². The molecule has 0 aromatic heterocycles. The number of nitrogens with zero attached hydrogens (tertiary/aromatic N) is 2. The lowest BCUT2D eigenvalue weighted by Gasteiger charge is -2.34. The van der Waals surface area contributed by atoms with Crippen LogP contribution in [-0.2, 0) is 20.8 Å². The molecule has 1 aromatic rings. The van der Waals surface area contributed by atoms with E-state index in [0.29, 0.717) is 18.3 Å². The molecule has 30 heavy (non-hydrogen) atoms. The van der Waals surface area contributed by atoms with Crippen molar-refractivity contribution in [1.29, 1.82) is 0 Å². The molecular weight excluding hydrogens is 499 g/mol. The van der Waals surface area contributed by atoms with Crippen LogP contribution in [-0.4, -0.2) is 70.1 Å². The molecule has 0 radical (unpaired) electrons. The summed E-state index contributed by atoms with van der Waals surface area (Å²) in [5.74, 6) is 0.932. The molecule has 1 saturated heterocycles. The van der Waals surface area contributed by atoms with E-state index in [1.54, 1.807) is 7.11 Å². The molecule has 1 heterocycles. The van der Waals surface area contributed by atoms with E-state index in [1.807, 2.05) is 24.3 Å². The van der Waals surface area contributed by atoms with Gasteiger partial charge < -0.3 is 24.4 Å². The molecule has 170 valence electrons. The minimum absolute atomic E-state index is 0. The molecule has 0 unspecified atom stereocenters. The van der Waals surface area contributed by atoms with Crippen molar-refractivity contribution < 1.29 is 19.0 Å². The Bertz CT molecular complexity index is 634. The summed E-state index contributed by atoms with van der Waals surface area (Å²) in [4.78, 5) is 18.3. The molecule has 0 saturated carbocycles. The largest absolute Gasteiger partial charge is 0.453 e. The molecular formula is C21H35IN4O4. The van der Waals surface area contributed by atoms with Gasteiger partial charge in [0.05, 0.1) is 19.8 Å². The maximum Gasteiger partial charge on any atom is 0.411 e. The average molecular weight is 534 g/mol. The lowest BCUT2D eigenvalue weighted by Crippen LogP contribution is -2.47. The topological polar surface area (TPSA) is 84.4 Å². The number of halogens is 1. The van der Waals surface area contributed by atoms with Gasteiger partial charge in [-0.1, -0.05) is 12.1 Å². The molecule has 1 fully saturated rings. The summed E-state index contributed by atoms with van der Waals surface area (Å²) in [5.41, 5.74) is 1.77. The number of piperidine rings is 1. The van der Waals surface area contributed by atoms with Gasteiger partial charge in [-0.15, -0.1) is 24.0 Å². The fourth-order valence-electron chi connectivity index (χ4n) is 3.14. The van der Waals surface area contributed by atoms with Crippen molar-refractivity contribution in [2.75, 3.05) is 52.4 Å². The molecule has 0 bridgehead atoms. The molecule has 1 aromatic carbocycles. The lowest BCUT2D eigenvalue weighted by molar-refractivity contribution is 0.00990. The van der Waals surface area contributed by atoms with Crippen LogP contribution in [0.5, 0.6) is 0 Å². The second-order valence-corrected chi connectivity index (χ2v) is 6.89. The molecule has 1 aliphatic heterocycles. The number of ether oxygens (including phenoxy) is 3. The van der Waals surface area contributed by atoms with E-state index < -0.39 is 6.09 Å². The highest BCUT2D eigenvalue weighted by Crippen LogP contribution is 2.15. The second-order valence-electron chi connectivity index (χ2n) is 6.89. The third kappa shape index (κ3) is 9.48. The number of likely N-dealkylation sites (tertiary alicyclic amines) is 1. The molecule has 8 nitrogen and oxygen atoms in total. The summed E-state index contributed by atoms with van der Waals surface area (Å²) in [7, 11) is 3.06. The van der Waals surface area contributed by atoms with Crippen LogP contribution in [0.15, 0.2) is 29.3 Å². The first kappa shape index (κ1) is 26.4. The van der Waals surface area contributed by atoms with Gasteiger partial charge in [-0.05, 0) is 43.9 Å². The van der Waals surface area contributed by atoms with Crippen LogP contribution in [0.25, 0.3) is 0 Å². The number of guanidine groups is 1. The van der Waals surface area contributed by atoms with Gasteiger partial charge in [-0.25, -0.2) is 9.79 Å². The summed E-state index contributed by atoms with van der Waals surface area (Å²) in [6, 6.07) is 7.61. The van der Waals surface area contributed by atoms with Crippen molar-refractivity contribution in [3.63, 3.8) is 0 Å². The summed E-state index contributed by atoms with van der Waals surface area (Å²) >= 11 is 0. The predicted octanol–water partition coefficient (Wildman–Crippen LogP) is 3.47. The van der Waals surface area contributed by atoms with Gasteiger partial charge in [0.1, 0.15) is 0 Å². The number of anilines is 1. The second kappa shape index (κ2) is 15.2. The van der Waals surface area contributed by atoms with Gasteiger partial charge in [-0.2, -0.15) is 0 Å². The molecule has 1 amide bonds. The number of carbonyl (C=O) groups excluding carboxylic acids is 1. The van der Waals surface area contributed by atoms with Crippen LogP contribution in [0, 0.1) is 0 Å². The van der Waals surface area contributed by atoms with Crippen molar-refractivity contribution in [2.24, 2.45) is 4.99 Å². The fourth-order valence-corrected chi connectivity index (χ4v) is 3.14. The molecule has 2 rings (SSSR count). The normalized spacial score (nSPS) is 14.8.